The molecule has 0 fully saturated rings. The number of rotatable bonds is 9. The fourth-order valence-electron chi connectivity index (χ4n) is 3.02. The molecule has 7 nitrogen and oxygen atoms in total. The Bertz CT molecular complexity index is 1060. The summed E-state index contributed by atoms with van der Waals surface area (Å²) < 4.78 is 25.9. The predicted octanol–water partition coefficient (Wildman–Crippen LogP) is 3.70. The number of benzene rings is 2. The van der Waals surface area contributed by atoms with Crippen molar-refractivity contribution in [2.24, 2.45) is 0 Å². The highest BCUT2D eigenvalue weighted by atomic mass is 35.5. The van der Waals surface area contributed by atoms with E-state index in [4.69, 9.17) is 23.2 Å². The molecular weight excluding hydrogens is 473 g/mol. The van der Waals surface area contributed by atoms with Gasteiger partial charge in [-0.1, -0.05) is 53.5 Å². The highest BCUT2D eigenvalue weighted by molar-refractivity contribution is 7.92. The molecular formula is C22H27Cl2N3O4S. The van der Waals surface area contributed by atoms with Crippen LogP contribution in [0.15, 0.2) is 48.5 Å². The van der Waals surface area contributed by atoms with E-state index in [2.05, 4.69) is 5.32 Å². The van der Waals surface area contributed by atoms with Crippen LogP contribution in [0.3, 0.4) is 0 Å². The van der Waals surface area contributed by atoms with Crippen LogP contribution in [0.25, 0.3) is 0 Å². The van der Waals surface area contributed by atoms with E-state index in [1.807, 2.05) is 44.2 Å². The SMILES string of the molecule is CC(C)NC(=O)C(C)N(Cc1ccccc1)C(=O)CN(c1ccc(Cl)c(Cl)c1)S(C)(=O)=O. The maximum atomic E-state index is 13.3. The Balaban J connectivity index is 2.38. The summed E-state index contributed by atoms with van der Waals surface area (Å²) >= 11 is 12.0. The zero-order valence-corrected chi connectivity index (χ0v) is 20.7. The quantitative estimate of drug-likeness (QED) is 0.569. The number of hydrogen-bond acceptors (Lipinski definition) is 4. The lowest BCUT2D eigenvalue weighted by molar-refractivity contribution is -0.139. The van der Waals surface area contributed by atoms with Gasteiger partial charge in [0.1, 0.15) is 12.6 Å². The second-order valence-corrected chi connectivity index (χ2v) is 10.4. The molecule has 0 heterocycles. The van der Waals surface area contributed by atoms with E-state index in [0.29, 0.717) is 0 Å². The molecule has 10 heteroatoms. The first-order valence-electron chi connectivity index (χ1n) is 9.96. The first-order chi connectivity index (χ1) is 14.9. The third-order valence-corrected chi connectivity index (χ3v) is 6.54. The molecule has 0 aliphatic heterocycles. The zero-order chi connectivity index (χ0) is 24.1. The smallest absolute Gasteiger partial charge is 0.244 e. The molecule has 2 rings (SSSR count). The van der Waals surface area contributed by atoms with Crippen LogP contribution in [0.4, 0.5) is 5.69 Å². The van der Waals surface area contributed by atoms with E-state index in [-0.39, 0.29) is 34.2 Å². The number of amides is 2. The second kappa shape index (κ2) is 11.0. The average Bonchev–Trinajstić information content (AvgIpc) is 2.71. The van der Waals surface area contributed by atoms with Gasteiger partial charge in [-0.25, -0.2) is 8.42 Å². The van der Waals surface area contributed by atoms with E-state index in [1.165, 1.54) is 23.1 Å². The summed E-state index contributed by atoms with van der Waals surface area (Å²) in [4.78, 5) is 27.4. The van der Waals surface area contributed by atoms with E-state index in [1.54, 1.807) is 6.92 Å². The number of carbonyl (C=O) groups is 2. The molecule has 0 aliphatic carbocycles. The van der Waals surface area contributed by atoms with Gasteiger partial charge in [0.05, 0.1) is 22.0 Å². The van der Waals surface area contributed by atoms with E-state index >= 15 is 0 Å². The Kier molecular flexibility index (Phi) is 8.95. The lowest BCUT2D eigenvalue weighted by Crippen LogP contribution is -2.52. The summed E-state index contributed by atoms with van der Waals surface area (Å²) in [5, 5.41) is 3.22. The van der Waals surface area contributed by atoms with Crippen LogP contribution in [-0.2, 0) is 26.2 Å². The largest absolute Gasteiger partial charge is 0.352 e. The lowest BCUT2D eigenvalue weighted by atomic mass is 10.1. The molecule has 2 aromatic rings. The van der Waals surface area contributed by atoms with Crippen molar-refractivity contribution in [3.05, 3.63) is 64.1 Å². The van der Waals surface area contributed by atoms with Gasteiger partial charge >= 0.3 is 0 Å². The van der Waals surface area contributed by atoms with E-state index < -0.39 is 28.5 Å². The minimum absolute atomic E-state index is 0.109. The monoisotopic (exact) mass is 499 g/mol. The minimum Gasteiger partial charge on any atom is -0.352 e. The van der Waals surface area contributed by atoms with Crippen LogP contribution in [0.2, 0.25) is 10.0 Å². The molecule has 2 amide bonds. The van der Waals surface area contributed by atoms with Crippen LogP contribution in [0, 0.1) is 0 Å². The number of nitrogens with one attached hydrogen (secondary N) is 1. The number of anilines is 1. The summed E-state index contributed by atoms with van der Waals surface area (Å²) in [7, 11) is -3.83. The van der Waals surface area contributed by atoms with Crippen LogP contribution in [-0.4, -0.2) is 50.0 Å². The molecule has 32 heavy (non-hydrogen) atoms. The Hall–Kier alpha value is -2.29. The molecule has 174 valence electrons. The highest BCUT2D eigenvalue weighted by Crippen LogP contribution is 2.28. The average molecular weight is 500 g/mol. The molecule has 0 aromatic heterocycles. The normalized spacial score (nSPS) is 12.3. The number of hydrogen-bond donors (Lipinski definition) is 1. The van der Waals surface area contributed by atoms with Crippen molar-refractivity contribution < 1.29 is 18.0 Å². The summed E-state index contributed by atoms with van der Waals surface area (Å²) in [5.74, 6) is -0.860. The zero-order valence-electron chi connectivity index (χ0n) is 18.4. The number of halogens is 2. The second-order valence-electron chi connectivity index (χ2n) is 7.71. The van der Waals surface area contributed by atoms with Gasteiger partial charge in [-0.2, -0.15) is 0 Å². The van der Waals surface area contributed by atoms with Crippen LogP contribution in [0.1, 0.15) is 26.3 Å². The topological polar surface area (TPSA) is 86.8 Å². The van der Waals surface area contributed by atoms with Crippen molar-refractivity contribution in [3.8, 4) is 0 Å². The van der Waals surface area contributed by atoms with Gasteiger partial charge in [0.15, 0.2) is 0 Å². The fraction of sp³-hybridized carbons (Fsp3) is 0.364. The van der Waals surface area contributed by atoms with Gasteiger partial charge in [-0.3, -0.25) is 13.9 Å². The van der Waals surface area contributed by atoms with Crippen molar-refractivity contribution in [1.82, 2.24) is 10.2 Å². The molecule has 2 aromatic carbocycles. The lowest BCUT2D eigenvalue weighted by Gasteiger charge is -2.32. The maximum Gasteiger partial charge on any atom is 0.244 e. The molecule has 1 atom stereocenters. The van der Waals surface area contributed by atoms with E-state index in [9.17, 15) is 18.0 Å². The number of carbonyl (C=O) groups excluding carboxylic acids is 2. The fourth-order valence-corrected chi connectivity index (χ4v) is 4.16. The Morgan fingerprint density at radius 2 is 1.62 bits per heavy atom. The van der Waals surface area contributed by atoms with Gasteiger partial charge < -0.3 is 10.2 Å². The molecule has 0 bridgehead atoms. The van der Waals surface area contributed by atoms with Gasteiger partial charge in [0, 0.05) is 12.6 Å². The van der Waals surface area contributed by atoms with Gasteiger partial charge in [-0.05, 0) is 44.5 Å². The van der Waals surface area contributed by atoms with Crippen LogP contribution in [0.5, 0.6) is 0 Å². The summed E-state index contributed by atoms with van der Waals surface area (Å²) in [6, 6.07) is 12.6. The predicted molar refractivity (Wildman–Crippen MR) is 128 cm³/mol. The molecule has 0 radical (unpaired) electrons. The maximum absolute atomic E-state index is 13.3. The summed E-state index contributed by atoms with van der Waals surface area (Å²) in [5.41, 5.74) is 1.01. The van der Waals surface area contributed by atoms with Crippen molar-refractivity contribution in [2.45, 2.75) is 39.4 Å². The third kappa shape index (κ3) is 7.12. The van der Waals surface area contributed by atoms with Gasteiger partial charge in [-0.15, -0.1) is 0 Å². The van der Waals surface area contributed by atoms with Crippen molar-refractivity contribution in [1.29, 1.82) is 0 Å². The van der Waals surface area contributed by atoms with Crippen LogP contribution < -0.4 is 9.62 Å². The first-order valence-corrected chi connectivity index (χ1v) is 12.6. The minimum atomic E-state index is -3.83. The first kappa shape index (κ1) is 26.0. The standard InChI is InChI=1S/C22H27Cl2N3O4S/c1-15(2)25-22(29)16(3)26(13-17-8-6-5-7-9-17)21(28)14-27(32(4,30)31)18-10-11-19(23)20(24)12-18/h5-12,15-16H,13-14H2,1-4H3,(H,25,29). The molecule has 0 spiro atoms. The van der Waals surface area contributed by atoms with Gasteiger partial charge in [0.25, 0.3) is 0 Å². The molecule has 0 aliphatic rings. The number of sulfonamides is 1. The Morgan fingerprint density at radius 1 is 1.00 bits per heavy atom. The van der Waals surface area contributed by atoms with E-state index in [0.717, 1.165) is 16.1 Å². The molecule has 1 unspecified atom stereocenters. The van der Waals surface area contributed by atoms with Gasteiger partial charge in [0.2, 0.25) is 21.8 Å². The highest BCUT2D eigenvalue weighted by Gasteiger charge is 2.30. The van der Waals surface area contributed by atoms with Crippen molar-refractivity contribution >= 4 is 50.7 Å². The molecule has 0 saturated carbocycles. The Labute approximate surface area is 199 Å². The summed E-state index contributed by atoms with van der Waals surface area (Å²) in [6.07, 6.45) is 0.999. The summed E-state index contributed by atoms with van der Waals surface area (Å²) in [6.45, 7) is 4.91. The third-order valence-electron chi connectivity index (χ3n) is 4.66. The molecule has 1 N–H and O–H groups in total. The van der Waals surface area contributed by atoms with Crippen molar-refractivity contribution in [2.75, 3.05) is 17.1 Å². The van der Waals surface area contributed by atoms with Crippen molar-refractivity contribution in [3.63, 3.8) is 0 Å². The van der Waals surface area contributed by atoms with Crippen LogP contribution >= 0.6 is 23.2 Å². The number of nitrogens with zero attached hydrogens (tertiary/aromatic N) is 2. The Morgan fingerprint density at radius 3 is 2.16 bits per heavy atom. The molecule has 0 saturated heterocycles.